The van der Waals surface area contributed by atoms with Crippen molar-refractivity contribution >= 4 is 29.1 Å². The lowest BCUT2D eigenvalue weighted by molar-refractivity contribution is -0.129. The van der Waals surface area contributed by atoms with E-state index in [1.165, 1.54) is 0 Å². The molecule has 0 spiro atoms. The van der Waals surface area contributed by atoms with Crippen LogP contribution in [0.25, 0.3) is 11.3 Å². The van der Waals surface area contributed by atoms with Crippen molar-refractivity contribution in [1.82, 2.24) is 10.1 Å². The average molecular weight is 311 g/mol. The quantitative estimate of drug-likeness (QED) is 0.801. The van der Waals surface area contributed by atoms with Crippen LogP contribution in [0.3, 0.4) is 0 Å². The van der Waals surface area contributed by atoms with Crippen LogP contribution in [0.4, 0.5) is 0 Å². The van der Waals surface area contributed by atoms with Gasteiger partial charge in [0.2, 0.25) is 5.91 Å². The molecule has 0 atom stereocenters. The van der Waals surface area contributed by atoms with Gasteiger partial charge in [-0.05, 0) is 24.3 Å². The smallest absolute Gasteiger partial charge is 0.237 e. The molecule has 1 aromatic carbocycles. The second-order valence-corrected chi connectivity index (χ2v) is 5.35. The maximum Gasteiger partial charge on any atom is 0.237 e. The molecular weight excluding hydrogens is 299 g/mol. The predicted octanol–water partition coefficient (Wildman–Crippen LogP) is 3.12. The SMILES string of the molecule is O=C(CCl)N1CCc2noc(-c3ccc(Cl)cc3)c2C1. The first kappa shape index (κ1) is 13.5. The minimum Gasteiger partial charge on any atom is -0.356 e. The highest BCUT2D eigenvalue weighted by Gasteiger charge is 2.26. The first-order valence-electron chi connectivity index (χ1n) is 6.26. The minimum atomic E-state index is -0.0689. The fourth-order valence-corrected chi connectivity index (χ4v) is 2.63. The minimum absolute atomic E-state index is 0.00308. The summed E-state index contributed by atoms with van der Waals surface area (Å²) < 4.78 is 5.44. The third-order valence-electron chi connectivity index (χ3n) is 3.41. The molecule has 0 fully saturated rings. The number of halogens is 2. The summed E-state index contributed by atoms with van der Waals surface area (Å²) in [6, 6.07) is 7.36. The van der Waals surface area contributed by atoms with Gasteiger partial charge in [-0.25, -0.2) is 0 Å². The summed E-state index contributed by atoms with van der Waals surface area (Å²) in [6.45, 7) is 1.12. The second-order valence-electron chi connectivity index (χ2n) is 4.64. The lowest BCUT2D eigenvalue weighted by Crippen LogP contribution is -2.36. The Morgan fingerprint density at radius 1 is 1.35 bits per heavy atom. The van der Waals surface area contributed by atoms with Crippen LogP contribution in [0.15, 0.2) is 28.8 Å². The Morgan fingerprint density at radius 2 is 2.10 bits per heavy atom. The number of fused-ring (bicyclic) bond motifs is 1. The van der Waals surface area contributed by atoms with Gasteiger partial charge in [0.1, 0.15) is 5.88 Å². The van der Waals surface area contributed by atoms with Gasteiger partial charge in [0.15, 0.2) is 5.76 Å². The number of alkyl halides is 1. The lowest BCUT2D eigenvalue weighted by atomic mass is 10.0. The van der Waals surface area contributed by atoms with Crippen LogP contribution in [0, 0.1) is 0 Å². The van der Waals surface area contributed by atoms with E-state index >= 15 is 0 Å². The number of benzene rings is 1. The van der Waals surface area contributed by atoms with Crippen molar-refractivity contribution in [3.63, 3.8) is 0 Å². The van der Waals surface area contributed by atoms with E-state index in [2.05, 4.69) is 5.16 Å². The van der Waals surface area contributed by atoms with Crippen LogP contribution < -0.4 is 0 Å². The molecule has 3 rings (SSSR count). The number of hydrogen-bond acceptors (Lipinski definition) is 3. The van der Waals surface area contributed by atoms with Gasteiger partial charge >= 0.3 is 0 Å². The molecular formula is C14H12Cl2N2O2. The van der Waals surface area contributed by atoms with Crippen molar-refractivity contribution in [2.45, 2.75) is 13.0 Å². The number of nitrogens with zero attached hydrogens (tertiary/aromatic N) is 2. The van der Waals surface area contributed by atoms with Crippen molar-refractivity contribution in [2.24, 2.45) is 0 Å². The summed E-state index contributed by atoms with van der Waals surface area (Å²) in [6.07, 6.45) is 0.690. The van der Waals surface area contributed by atoms with Gasteiger partial charge < -0.3 is 9.42 Å². The molecule has 1 amide bonds. The third-order valence-corrected chi connectivity index (χ3v) is 3.89. The first-order valence-corrected chi connectivity index (χ1v) is 7.17. The molecule has 0 saturated heterocycles. The second kappa shape index (κ2) is 5.46. The van der Waals surface area contributed by atoms with E-state index in [4.69, 9.17) is 27.7 Å². The van der Waals surface area contributed by atoms with Gasteiger partial charge in [-0.2, -0.15) is 0 Å². The summed E-state index contributed by atoms with van der Waals surface area (Å²) in [7, 11) is 0. The zero-order chi connectivity index (χ0) is 14.1. The highest BCUT2D eigenvalue weighted by atomic mass is 35.5. The van der Waals surface area contributed by atoms with Crippen LogP contribution >= 0.6 is 23.2 Å². The zero-order valence-electron chi connectivity index (χ0n) is 10.6. The Labute approximate surface area is 126 Å². The molecule has 20 heavy (non-hydrogen) atoms. The van der Waals surface area contributed by atoms with Crippen molar-refractivity contribution < 1.29 is 9.32 Å². The van der Waals surface area contributed by atoms with Crippen LogP contribution in [0.5, 0.6) is 0 Å². The van der Waals surface area contributed by atoms with Crippen LogP contribution in [-0.4, -0.2) is 28.4 Å². The molecule has 0 bridgehead atoms. The molecule has 0 N–H and O–H groups in total. The molecule has 1 aliphatic rings. The number of rotatable bonds is 2. The molecule has 2 aromatic rings. The highest BCUT2D eigenvalue weighted by Crippen LogP contribution is 2.31. The van der Waals surface area contributed by atoms with Crippen LogP contribution in [0.1, 0.15) is 11.3 Å². The average Bonchev–Trinajstić information content (AvgIpc) is 2.90. The van der Waals surface area contributed by atoms with Crippen molar-refractivity contribution in [2.75, 3.05) is 12.4 Å². The van der Waals surface area contributed by atoms with Crippen molar-refractivity contribution in [3.8, 4) is 11.3 Å². The summed E-state index contributed by atoms with van der Waals surface area (Å²) in [5, 5.41) is 4.76. The molecule has 0 unspecified atom stereocenters. The number of carbonyl (C=O) groups excluding carboxylic acids is 1. The van der Waals surface area contributed by atoms with Gasteiger partial charge in [-0.3, -0.25) is 4.79 Å². The summed E-state index contributed by atoms with van der Waals surface area (Å²) in [4.78, 5) is 13.4. The molecule has 104 valence electrons. The van der Waals surface area contributed by atoms with Crippen LogP contribution in [0.2, 0.25) is 5.02 Å². The number of hydrogen-bond donors (Lipinski definition) is 0. The Kier molecular flexibility index (Phi) is 3.68. The van der Waals surface area contributed by atoms with E-state index in [0.717, 1.165) is 16.8 Å². The Morgan fingerprint density at radius 3 is 2.80 bits per heavy atom. The molecule has 1 aromatic heterocycles. The monoisotopic (exact) mass is 310 g/mol. The molecule has 1 aliphatic heterocycles. The zero-order valence-corrected chi connectivity index (χ0v) is 12.1. The normalized spacial score (nSPS) is 14.2. The van der Waals surface area contributed by atoms with Gasteiger partial charge in [0, 0.05) is 29.1 Å². The third kappa shape index (κ3) is 2.41. The maximum absolute atomic E-state index is 11.7. The van der Waals surface area contributed by atoms with E-state index < -0.39 is 0 Å². The van der Waals surface area contributed by atoms with Crippen molar-refractivity contribution in [3.05, 3.63) is 40.5 Å². The van der Waals surface area contributed by atoms with E-state index in [0.29, 0.717) is 30.3 Å². The standard InChI is InChI=1S/C14H12Cl2N2O2/c15-7-13(19)18-6-5-12-11(8-18)14(20-17-12)9-1-3-10(16)4-2-9/h1-4H,5-8H2. The Bertz CT molecular complexity index is 637. The Hall–Kier alpha value is -1.52. The predicted molar refractivity (Wildman–Crippen MR) is 76.8 cm³/mol. The van der Waals surface area contributed by atoms with Gasteiger partial charge in [0.05, 0.1) is 12.2 Å². The van der Waals surface area contributed by atoms with E-state index in [1.807, 2.05) is 12.1 Å². The van der Waals surface area contributed by atoms with E-state index in [-0.39, 0.29) is 11.8 Å². The fraction of sp³-hybridized carbons (Fsp3) is 0.286. The molecule has 4 nitrogen and oxygen atoms in total. The number of amides is 1. The maximum atomic E-state index is 11.7. The highest BCUT2D eigenvalue weighted by molar-refractivity contribution is 6.30. The summed E-state index contributed by atoms with van der Waals surface area (Å²) >= 11 is 11.5. The van der Waals surface area contributed by atoms with Gasteiger partial charge in [-0.1, -0.05) is 16.8 Å². The molecule has 6 heteroatoms. The molecule has 0 aliphatic carbocycles. The van der Waals surface area contributed by atoms with Crippen molar-refractivity contribution in [1.29, 1.82) is 0 Å². The molecule has 2 heterocycles. The van der Waals surface area contributed by atoms with Gasteiger partial charge in [0.25, 0.3) is 0 Å². The molecule has 0 saturated carbocycles. The molecule has 0 radical (unpaired) electrons. The lowest BCUT2D eigenvalue weighted by Gasteiger charge is -2.25. The fourth-order valence-electron chi connectivity index (χ4n) is 2.34. The number of aromatic nitrogens is 1. The topological polar surface area (TPSA) is 46.3 Å². The van der Waals surface area contributed by atoms with Gasteiger partial charge in [-0.15, -0.1) is 11.6 Å². The largest absolute Gasteiger partial charge is 0.356 e. The Balaban J connectivity index is 1.94. The summed E-state index contributed by atoms with van der Waals surface area (Å²) in [5.41, 5.74) is 2.77. The van der Waals surface area contributed by atoms with Crippen LogP contribution in [-0.2, 0) is 17.8 Å². The summed E-state index contributed by atoms with van der Waals surface area (Å²) in [5.74, 6) is 0.626. The first-order chi connectivity index (χ1) is 9.69. The van der Waals surface area contributed by atoms with E-state index in [9.17, 15) is 4.79 Å². The van der Waals surface area contributed by atoms with E-state index in [1.54, 1.807) is 17.0 Å². The number of carbonyl (C=O) groups is 1.